The Balaban J connectivity index is 1.97. The van der Waals surface area contributed by atoms with Crippen LogP contribution >= 0.6 is 15.9 Å². The number of rotatable bonds is 2. The minimum absolute atomic E-state index is 0.333. The molecule has 1 aromatic carbocycles. The zero-order valence-electron chi connectivity index (χ0n) is 8.94. The van der Waals surface area contributed by atoms with Crippen molar-refractivity contribution in [1.82, 2.24) is 4.57 Å². The van der Waals surface area contributed by atoms with Gasteiger partial charge >= 0.3 is 0 Å². The Hall–Kier alpha value is -0.800. The standard InChI is InChI=1S/C13H14BrNO/c14-12-2-1-3-13-11(12)4-5-15(13)10-6-9(7-10)8-16/h1-5,9-10,16H,6-8H2. The molecule has 1 aliphatic rings. The molecule has 1 N–H and O–H groups in total. The molecule has 3 heteroatoms. The molecule has 1 saturated carbocycles. The van der Waals surface area contributed by atoms with Crippen LogP contribution < -0.4 is 0 Å². The summed E-state index contributed by atoms with van der Waals surface area (Å²) >= 11 is 3.57. The Morgan fingerprint density at radius 2 is 2.12 bits per heavy atom. The Kier molecular flexibility index (Phi) is 2.52. The van der Waals surface area contributed by atoms with Gasteiger partial charge in [-0.15, -0.1) is 0 Å². The number of hydrogen-bond donors (Lipinski definition) is 1. The van der Waals surface area contributed by atoms with Crippen LogP contribution in [0.15, 0.2) is 34.9 Å². The second-order valence-corrected chi connectivity index (χ2v) is 5.42. The van der Waals surface area contributed by atoms with Gasteiger partial charge in [-0.1, -0.05) is 22.0 Å². The smallest absolute Gasteiger partial charge is 0.0494 e. The number of aromatic nitrogens is 1. The average Bonchev–Trinajstić information content (AvgIpc) is 2.62. The Morgan fingerprint density at radius 1 is 1.31 bits per heavy atom. The lowest BCUT2D eigenvalue weighted by Gasteiger charge is -2.35. The number of hydrogen-bond acceptors (Lipinski definition) is 1. The molecule has 1 aliphatic carbocycles. The molecule has 2 aromatic rings. The van der Waals surface area contributed by atoms with Crippen LogP contribution in [0.25, 0.3) is 10.9 Å². The predicted octanol–water partition coefficient (Wildman–Crippen LogP) is 3.35. The molecule has 0 amide bonds. The first-order valence-corrected chi connectivity index (χ1v) is 6.45. The SMILES string of the molecule is OCC1CC(n2ccc3c(Br)cccc32)C1. The number of benzene rings is 1. The molecule has 1 aromatic heterocycles. The fourth-order valence-electron chi connectivity index (χ4n) is 2.55. The summed E-state index contributed by atoms with van der Waals surface area (Å²) in [5.41, 5.74) is 1.29. The van der Waals surface area contributed by atoms with E-state index in [9.17, 15) is 0 Å². The number of fused-ring (bicyclic) bond motifs is 1. The number of aliphatic hydroxyl groups excluding tert-OH is 1. The van der Waals surface area contributed by atoms with E-state index in [4.69, 9.17) is 5.11 Å². The van der Waals surface area contributed by atoms with Gasteiger partial charge in [0.05, 0.1) is 0 Å². The molecule has 84 valence electrons. The normalized spacial score (nSPS) is 24.6. The van der Waals surface area contributed by atoms with Crippen molar-refractivity contribution in [2.75, 3.05) is 6.61 Å². The third kappa shape index (κ3) is 1.50. The minimum Gasteiger partial charge on any atom is -0.396 e. The van der Waals surface area contributed by atoms with Gasteiger partial charge in [-0.2, -0.15) is 0 Å². The maximum absolute atomic E-state index is 9.04. The van der Waals surface area contributed by atoms with Crippen LogP contribution in [0, 0.1) is 5.92 Å². The molecular weight excluding hydrogens is 266 g/mol. The first-order chi connectivity index (χ1) is 7.79. The molecule has 0 saturated heterocycles. The highest BCUT2D eigenvalue weighted by atomic mass is 79.9. The van der Waals surface area contributed by atoms with Crippen molar-refractivity contribution in [3.8, 4) is 0 Å². The van der Waals surface area contributed by atoms with Gasteiger partial charge in [0.2, 0.25) is 0 Å². The Bertz CT molecular complexity index is 514. The highest BCUT2D eigenvalue weighted by Crippen LogP contribution is 2.40. The van der Waals surface area contributed by atoms with E-state index < -0.39 is 0 Å². The van der Waals surface area contributed by atoms with Gasteiger partial charge < -0.3 is 9.67 Å². The predicted molar refractivity (Wildman–Crippen MR) is 68.5 cm³/mol. The van der Waals surface area contributed by atoms with E-state index in [2.05, 4.69) is 51.0 Å². The molecule has 0 spiro atoms. The van der Waals surface area contributed by atoms with Gasteiger partial charge in [0.25, 0.3) is 0 Å². The van der Waals surface area contributed by atoms with E-state index in [1.54, 1.807) is 0 Å². The summed E-state index contributed by atoms with van der Waals surface area (Å²) in [4.78, 5) is 0. The van der Waals surface area contributed by atoms with Gasteiger partial charge in [-0.25, -0.2) is 0 Å². The highest BCUT2D eigenvalue weighted by molar-refractivity contribution is 9.10. The van der Waals surface area contributed by atoms with Gasteiger partial charge in [0.15, 0.2) is 0 Å². The molecule has 0 aliphatic heterocycles. The topological polar surface area (TPSA) is 25.2 Å². The molecule has 0 atom stereocenters. The fraction of sp³-hybridized carbons (Fsp3) is 0.385. The third-order valence-corrected chi connectivity index (χ3v) is 4.26. The van der Waals surface area contributed by atoms with Crippen molar-refractivity contribution < 1.29 is 5.11 Å². The molecule has 1 fully saturated rings. The molecule has 0 bridgehead atoms. The third-order valence-electron chi connectivity index (χ3n) is 3.57. The largest absolute Gasteiger partial charge is 0.396 e. The van der Waals surface area contributed by atoms with Crippen molar-refractivity contribution >= 4 is 26.8 Å². The van der Waals surface area contributed by atoms with Crippen LogP contribution in [-0.2, 0) is 0 Å². The summed E-state index contributed by atoms with van der Waals surface area (Å²) in [6.45, 7) is 0.333. The van der Waals surface area contributed by atoms with E-state index in [1.807, 2.05) is 0 Å². The Labute approximate surface area is 103 Å². The van der Waals surface area contributed by atoms with Crippen LogP contribution in [-0.4, -0.2) is 16.3 Å². The molecular formula is C13H14BrNO. The summed E-state index contributed by atoms with van der Waals surface area (Å²) in [6, 6.07) is 9.04. The van der Waals surface area contributed by atoms with Crippen LogP contribution in [0.4, 0.5) is 0 Å². The molecule has 1 heterocycles. The van der Waals surface area contributed by atoms with Crippen molar-refractivity contribution in [2.24, 2.45) is 5.92 Å². The first kappa shape index (κ1) is 10.4. The number of nitrogens with zero attached hydrogens (tertiary/aromatic N) is 1. The monoisotopic (exact) mass is 279 g/mol. The maximum atomic E-state index is 9.04. The quantitative estimate of drug-likeness (QED) is 0.896. The van der Waals surface area contributed by atoms with E-state index in [0.717, 1.165) is 17.3 Å². The van der Waals surface area contributed by atoms with E-state index in [-0.39, 0.29) is 0 Å². The second-order valence-electron chi connectivity index (χ2n) is 4.57. The van der Waals surface area contributed by atoms with Crippen molar-refractivity contribution in [2.45, 2.75) is 18.9 Å². The molecule has 16 heavy (non-hydrogen) atoms. The molecule has 0 unspecified atom stereocenters. The van der Waals surface area contributed by atoms with Crippen molar-refractivity contribution in [3.63, 3.8) is 0 Å². The summed E-state index contributed by atoms with van der Waals surface area (Å²) in [7, 11) is 0. The first-order valence-electron chi connectivity index (χ1n) is 5.65. The van der Waals surface area contributed by atoms with Gasteiger partial charge in [-0.05, 0) is 37.0 Å². The Morgan fingerprint density at radius 3 is 2.88 bits per heavy atom. The van der Waals surface area contributed by atoms with Crippen molar-refractivity contribution in [1.29, 1.82) is 0 Å². The van der Waals surface area contributed by atoms with Gasteiger partial charge in [0.1, 0.15) is 0 Å². The summed E-state index contributed by atoms with van der Waals surface area (Å²) in [5, 5.41) is 10.3. The fourth-order valence-corrected chi connectivity index (χ4v) is 3.03. The van der Waals surface area contributed by atoms with Crippen LogP contribution in [0.3, 0.4) is 0 Å². The van der Waals surface area contributed by atoms with Crippen molar-refractivity contribution in [3.05, 3.63) is 34.9 Å². The summed E-state index contributed by atoms with van der Waals surface area (Å²) in [5.74, 6) is 0.509. The lowest BCUT2D eigenvalue weighted by Crippen LogP contribution is -2.28. The second kappa shape index (κ2) is 3.90. The highest BCUT2D eigenvalue weighted by Gasteiger charge is 2.30. The molecule has 0 radical (unpaired) electrons. The van der Waals surface area contributed by atoms with E-state index >= 15 is 0 Å². The lowest BCUT2D eigenvalue weighted by molar-refractivity contribution is 0.114. The maximum Gasteiger partial charge on any atom is 0.0494 e. The average molecular weight is 280 g/mol. The minimum atomic E-state index is 0.333. The lowest BCUT2D eigenvalue weighted by atomic mass is 9.80. The van der Waals surface area contributed by atoms with Crippen LogP contribution in [0.5, 0.6) is 0 Å². The number of aliphatic hydroxyl groups is 1. The van der Waals surface area contributed by atoms with E-state index in [0.29, 0.717) is 18.6 Å². The molecule has 3 rings (SSSR count). The molecule has 2 nitrogen and oxygen atoms in total. The van der Waals surface area contributed by atoms with E-state index in [1.165, 1.54) is 10.9 Å². The zero-order chi connectivity index (χ0) is 11.1. The van der Waals surface area contributed by atoms with Gasteiger partial charge in [-0.3, -0.25) is 0 Å². The van der Waals surface area contributed by atoms with Crippen LogP contribution in [0.2, 0.25) is 0 Å². The summed E-state index contributed by atoms with van der Waals surface area (Å²) in [6.07, 6.45) is 4.37. The van der Waals surface area contributed by atoms with Crippen LogP contribution in [0.1, 0.15) is 18.9 Å². The number of halogens is 1. The zero-order valence-corrected chi connectivity index (χ0v) is 10.5. The van der Waals surface area contributed by atoms with Gasteiger partial charge in [0, 0.05) is 34.2 Å². The summed E-state index contributed by atoms with van der Waals surface area (Å²) < 4.78 is 3.49.